The van der Waals surface area contributed by atoms with Crippen molar-refractivity contribution in [2.75, 3.05) is 26.3 Å². The topological polar surface area (TPSA) is 21.3 Å². The van der Waals surface area contributed by atoms with Crippen molar-refractivity contribution in [3.05, 3.63) is 0 Å². The summed E-state index contributed by atoms with van der Waals surface area (Å²) < 4.78 is 18.9. The van der Waals surface area contributed by atoms with Crippen molar-refractivity contribution in [1.29, 1.82) is 0 Å². The Bertz CT molecular complexity index is 153. The van der Waals surface area contributed by atoms with Gasteiger partial charge in [-0.3, -0.25) is 0 Å². The van der Waals surface area contributed by atoms with Crippen molar-refractivity contribution in [2.45, 2.75) is 24.9 Å². The second-order valence-corrected chi connectivity index (χ2v) is 4.04. The lowest BCUT2D eigenvalue weighted by molar-refractivity contribution is 0.00117. The van der Waals surface area contributed by atoms with Crippen molar-refractivity contribution in [2.24, 2.45) is 5.92 Å². The molecular weight excluding hydrogens is 157 g/mol. The summed E-state index contributed by atoms with van der Waals surface area (Å²) in [5.74, 6) is 0.464. The van der Waals surface area contributed by atoms with Gasteiger partial charge in [-0.25, -0.2) is 4.39 Å². The molecule has 70 valence electrons. The fraction of sp³-hybridized carbons (Fsp3) is 1.00. The summed E-state index contributed by atoms with van der Waals surface area (Å²) in [5, 5.41) is 2.98. The predicted octanol–water partition coefficient (Wildman–Crippen LogP) is 1.11. The van der Waals surface area contributed by atoms with Crippen molar-refractivity contribution in [3.63, 3.8) is 0 Å². The number of hydrogen-bond acceptors (Lipinski definition) is 2. The molecule has 0 aliphatic carbocycles. The van der Waals surface area contributed by atoms with E-state index in [1.165, 1.54) is 0 Å². The van der Waals surface area contributed by atoms with Gasteiger partial charge in [-0.2, -0.15) is 0 Å². The van der Waals surface area contributed by atoms with Crippen molar-refractivity contribution < 1.29 is 9.13 Å². The number of hydrogen-bond donors (Lipinski definition) is 1. The van der Waals surface area contributed by atoms with Crippen LogP contribution in [0.5, 0.6) is 0 Å². The molecule has 2 heterocycles. The lowest BCUT2D eigenvalue weighted by atomic mass is 9.85. The van der Waals surface area contributed by atoms with Crippen molar-refractivity contribution >= 4 is 0 Å². The van der Waals surface area contributed by atoms with Crippen molar-refractivity contribution in [1.82, 2.24) is 5.32 Å². The smallest absolute Gasteiger partial charge is 0.136 e. The third-order valence-corrected chi connectivity index (χ3v) is 2.79. The summed E-state index contributed by atoms with van der Waals surface area (Å²) in [6, 6.07) is 0. The Balaban J connectivity index is 1.77. The normalized spacial score (nSPS) is 34.2. The maximum absolute atomic E-state index is 13.6. The van der Waals surface area contributed by atoms with Gasteiger partial charge in [0.1, 0.15) is 5.67 Å². The van der Waals surface area contributed by atoms with Gasteiger partial charge in [-0.1, -0.05) is 0 Å². The molecule has 2 saturated heterocycles. The minimum atomic E-state index is -0.911. The van der Waals surface area contributed by atoms with Crippen LogP contribution in [0.4, 0.5) is 4.39 Å². The number of nitrogens with one attached hydrogen (secondary N) is 1. The molecule has 0 radical (unpaired) electrons. The predicted molar refractivity (Wildman–Crippen MR) is 44.9 cm³/mol. The largest absolute Gasteiger partial charge is 0.381 e. The third kappa shape index (κ3) is 1.77. The highest BCUT2D eigenvalue weighted by Crippen LogP contribution is 2.29. The van der Waals surface area contributed by atoms with E-state index in [1.807, 2.05) is 0 Å². The number of alkyl halides is 1. The van der Waals surface area contributed by atoms with E-state index < -0.39 is 5.67 Å². The van der Waals surface area contributed by atoms with E-state index in [-0.39, 0.29) is 0 Å². The lowest BCUT2D eigenvalue weighted by Gasteiger charge is -2.38. The second-order valence-electron chi connectivity index (χ2n) is 4.04. The van der Waals surface area contributed by atoms with Gasteiger partial charge in [-0.05, 0) is 25.2 Å². The van der Waals surface area contributed by atoms with Crippen LogP contribution < -0.4 is 5.32 Å². The summed E-state index contributed by atoms with van der Waals surface area (Å²) >= 11 is 0. The van der Waals surface area contributed by atoms with Gasteiger partial charge >= 0.3 is 0 Å². The van der Waals surface area contributed by atoms with E-state index in [0.717, 1.165) is 26.1 Å². The molecule has 2 nitrogen and oxygen atoms in total. The molecule has 2 aliphatic rings. The van der Waals surface area contributed by atoms with Crippen LogP contribution in [0, 0.1) is 5.92 Å². The van der Waals surface area contributed by atoms with E-state index in [0.29, 0.717) is 25.4 Å². The van der Waals surface area contributed by atoms with Crippen LogP contribution in [-0.4, -0.2) is 32.0 Å². The Morgan fingerprint density at radius 2 is 2.33 bits per heavy atom. The van der Waals surface area contributed by atoms with E-state index in [1.54, 1.807) is 0 Å². The monoisotopic (exact) mass is 173 g/mol. The van der Waals surface area contributed by atoms with E-state index in [2.05, 4.69) is 5.32 Å². The first-order valence-corrected chi connectivity index (χ1v) is 4.76. The Labute approximate surface area is 72.5 Å². The van der Waals surface area contributed by atoms with Gasteiger partial charge in [0.05, 0.1) is 0 Å². The lowest BCUT2D eigenvalue weighted by Crippen LogP contribution is -2.57. The molecule has 0 amide bonds. The van der Waals surface area contributed by atoms with E-state index >= 15 is 0 Å². The highest BCUT2D eigenvalue weighted by atomic mass is 19.1. The van der Waals surface area contributed by atoms with Crippen LogP contribution >= 0.6 is 0 Å². The van der Waals surface area contributed by atoms with E-state index in [9.17, 15) is 4.39 Å². The van der Waals surface area contributed by atoms with Gasteiger partial charge in [0.15, 0.2) is 0 Å². The van der Waals surface area contributed by atoms with Crippen LogP contribution in [0.2, 0.25) is 0 Å². The summed E-state index contributed by atoms with van der Waals surface area (Å²) in [6.07, 6.45) is 2.94. The molecule has 0 aromatic carbocycles. The van der Waals surface area contributed by atoms with Crippen LogP contribution in [0.1, 0.15) is 19.3 Å². The van der Waals surface area contributed by atoms with Crippen LogP contribution in [0.3, 0.4) is 0 Å². The molecular formula is C9H16FNO. The molecule has 0 bridgehead atoms. The zero-order valence-corrected chi connectivity index (χ0v) is 7.31. The molecule has 0 aromatic rings. The fourth-order valence-electron chi connectivity index (χ4n) is 2.03. The summed E-state index contributed by atoms with van der Waals surface area (Å²) in [4.78, 5) is 0. The van der Waals surface area contributed by atoms with Crippen LogP contribution in [0.25, 0.3) is 0 Å². The first kappa shape index (κ1) is 8.45. The van der Waals surface area contributed by atoms with Gasteiger partial charge in [0.2, 0.25) is 0 Å². The Kier molecular flexibility index (Phi) is 2.33. The summed E-state index contributed by atoms with van der Waals surface area (Å²) in [5.41, 5.74) is -0.911. The molecule has 1 N–H and O–H groups in total. The molecule has 0 spiro atoms. The zero-order chi connectivity index (χ0) is 8.44. The highest BCUT2D eigenvalue weighted by molar-refractivity contribution is 4.94. The minimum Gasteiger partial charge on any atom is -0.381 e. The van der Waals surface area contributed by atoms with E-state index in [4.69, 9.17) is 4.74 Å². The molecule has 12 heavy (non-hydrogen) atoms. The molecule has 3 heteroatoms. The Hall–Kier alpha value is -0.150. The Morgan fingerprint density at radius 1 is 1.50 bits per heavy atom. The quantitative estimate of drug-likeness (QED) is 0.675. The first-order valence-electron chi connectivity index (χ1n) is 4.76. The summed E-state index contributed by atoms with van der Waals surface area (Å²) in [7, 11) is 0. The highest BCUT2D eigenvalue weighted by Gasteiger charge is 2.39. The Morgan fingerprint density at radius 3 is 2.83 bits per heavy atom. The second kappa shape index (κ2) is 3.30. The molecule has 0 aromatic heterocycles. The molecule has 1 atom stereocenters. The van der Waals surface area contributed by atoms with Gasteiger partial charge in [0, 0.05) is 26.3 Å². The zero-order valence-electron chi connectivity index (χ0n) is 7.31. The molecule has 2 aliphatic heterocycles. The third-order valence-electron chi connectivity index (χ3n) is 2.79. The first-order chi connectivity index (χ1) is 5.79. The van der Waals surface area contributed by atoms with Gasteiger partial charge < -0.3 is 10.1 Å². The number of ether oxygens (including phenoxy) is 1. The van der Waals surface area contributed by atoms with Crippen LogP contribution in [0.15, 0.2) is 0 Å². The van der Waals surface area contributed by atoms with Gasteiger partial charge in [-0.15, -0.1) is 0 Å². The molecule has 2 rings (SSSR count). The number of rotatable bonds is 2. The molecule has 0 saturated carbocycles. The molecule has 0 unspecified atom stereocenters. The van der Waals surface area contributed by atoms with Gasteiger partial charge in [0.25, 0.3) is 0 Å². The average molecular weight is 173 g/mol. The SMILES string of the molecule is FC1(C[C@@H]2CCCOC2)CNC1. The van der Waals surface area contributed by atoms with Crippen LogP contribution in [-0.2, 0) is 4.74 Å². The summed E-state index contributed by atoms with van der Waals surface area (Å²) in [6.45, 7) is 2.73. The molecule has 2 fully saturated rings. The fourth-order valence-corrected chi connectivity index (χ4v) is 2.03. The minimum absolute atomic E-state index is 0.464. The standard InChI is InChI=1S/C9H16FNO/c10-9(6-11-7-9)4-8-2-1-3-12-5-8/h8,11H,1-7H2/t8-/m0/s1. The average Bonchev–Trinajstić information content (AvgIpc) is 2.04. The number of halogens is 1. The van der Waals surface area contributed by atoms with Crippen molar-refractivity contribution in [3.8, 4) is 0 Å². The maximum atomic E-state index is 13.6. The maximum Gasteiger partial charge on any atom is 0.136 e.